The van der Waals surface area contributed by atoms with Gasteiger partial charge in [-0.3, -0.25) is 0 Å². The number of likely N-dealkylation sites (tertiary alicyclic amines) is 1. The van der Waals surface area contributed by atoms with Crippen LogP contribution in [0.4, 0.5) is 9.59 Å². The molecule has 21 heavy (non-hydrogen) atoms. The molecule has 0 spiro atoms. The largest absolute Gasteiger partial charge is 0.444 e. The van der Waals surface area contributed by atoms with Crippen molar-refractivity contribution in [2.24, 2.45) is 5.92 Å². The lowest BCUT2D eigenvalue weighted by atomic mass is 9.97. The minimum absolute atomic E-state index is 0.0629. The molecule has 2 N–H and O–H groups in total. The number of hydrogen-bond acceptors (Lipinski definition) is 3. The minimum Gasteiger partial charge on any atom is -0.444 e. The molecule has 1 aliphatic heterocycles. The van der Waals surface area contributed by atoms with E-state index in [0.717, 1.165) is 25.7 Å². The van der Waals surface area contributed by atoms with Gasteiger partial charge >= 0.3 is 12.1 Å². The van der Waals surface area contributed by atoms with Crippen molar-refractivity contribution in [3.05, 3.63) is 0 Å². The first-order chi connectivity index (χ1) is 9.83. The molecule has 2 aliphatic rings. The highest BCUT2D eigenvalue weighted by molar-refractivity contribution is 5.74. The molecule has 0 aromatic heterocycles. The molecule has 6 heteroatoms. The van der Waals surface area contributed by atoms with Crippen molar-refractivity contribution in [1.82, 2.24) is 15.5 Å². The summed E-state index contributed by atoms with van der Waals surface area (Å²) in [5.41, 5.74) is -0.448. The predicted molar refractivity (Wildman–Crippen MR) is 80.1 cm³/mol. The van der Waals surface area contributed by atoms with Crippen LogP contribution in [-0.2, 0) is 4.74 Å². The summed E-state index contributed by atoms with van der Waals surface area (Å²) in [4.78, 5) is 25.3. The Morgan fingerprint density at radius 2 is 1.76 bits per heavy atom. The highest BCUT2D eigenvalue weighted by atomic mass is 16.6. The molecular formula is C15H27N3O3. The molecule has 1 saturated carbocycles. The van der Waals surface area contributed by atoms with Crippen LogP contribution < -0.4 is 10.6 Å². The number of nitrogens with one attached hydrogen (secondary N) is 2. The van der Waals surface area contributed by atoms with E-state index < -0.39 is 5.60 Å². The van der Waals surface area contributed by atoms with Gasteiger partial charge in [0.25, 0.3) is 0 Å². The lowest BCUT2D eigenvalue weighted by Gasteiger charge is -2.33. The number of ether oxygens (including phenoxy) is 1. The van der Waals surface area contributed by atoms with E-state index in [0.29, 0.717) is 31.6 Å². The lowest BCUT2D eigenvalue weighted by molar-refractivity contribution is 0.0184. The molecule has 120 valence electrons. The minimum atomic E-state index is -0.448. The van der Waals surface area contributed by atoms with Crippen LogP contribution in [0.15, 0.2) is 0 Å². The number of carbonyl (C=O) groups excluding carboxylic acids is 2. The van der Waals surface area contributed by atoms with E-state index in [1.54, 1.807) is 4.90 Å². The van der Waals surface area contributed by atoms with E-state index in [9.17, 15) is 9.59 Å². The van der Waals surface area contributed by atoms with Crippen LogP contribution >= 0.6 is 0 Å². The van der Waals surface area contributed by atoms with E-state index in [1.807, 2.05) is 20.8 Å². The zero-order valence-electron chi connectivity index (χ0n) is 13.3. The molecule has 0 radical (unpaired) electrons. The SMILES string of the molecule is CC(C)(C)OC(=O)N1CCC(CNC(=O)NC2CC2)CC1. The first-order valence-corrected chi connectivity index (χ1v) is 7.86. The Balaban J connectivity index is 1.63. The Morgan fingerprint density at radius 3 is 2.29 bits per heavy atom. The second kappa shape index (κ2) is 6.54. The number of carbonyl (C=O) groups is 2. The molecular weight excluding hydrogens is 270 g/mol. The van der Waals surface area contributed by atoms with Gasteiger partial charge in [0.2, 0.25) is 0 Å². The van der Waals surface area contributed by atoms with Gasteiger partial charge in [-0.25, -0.2) is 9.59 Å². The Morgan fingerprint density at radius 1 is 1.14 bits per heavy atom. The first-order valence-electron chi connectivity index (χ1n) is 7.86. The number of amides is 3. The monoisotopic (exact) mass is 297 g/mol. The normalized spacial score (nSPS) is 20.0. The summed E-state index contributed by atoms with van der Waals surface area (Å²) in [6, 6.07) is 0.325. The second-order valence-electron chi connectivity index (χ2n) is 7.04. The Labute approximate surface area is 126 Å². The second-order valence-corrected chi connectivity index (χ2v) is 7.04. The Hall–Kier alpha value is -1.46. The predicted octanol–water partition coefficient (Wildman–Crippen LogP) is 2.10. The van der Waals surface area contributed by atoms with Gasteiger partial charge in [0.1, 0.15) is 5.60 Å². The first kappa shape index (κ1) is 15.9. The average molecular weight is 297 g/mol. The van der Waals surface area contributed by atoms with Gasteiger partial charge in [-0.05, 0) is 52.4 Å². The molecule has 0 unspecified atom stereocenters. The van der Waals surface area contributed by atoms with Gasteiger partial charge in [0.05, 0.1) is 0 Å². The van der Waals surface area contributed by atoms with Crippen molar-refractivity contribution >= 4 is 12.1 Å². The van der Waals surface area contributed by atoms with Gasteiger partial charge in [-0.1, -0.05) is 0 Å². The molecule has 1 aliphatic carbocycles. The molecule has 2 rings (SSSR count). The summed E-state index contributed by atoms with van der Waals surface area (Å²) in [5.74, 6) is 0.439. The van der Waals surface area contributed by atoms with Crippen molar-refractivity contribution < 1.29 is 14.3 Å². The lowest BCUT2D eigenvalue weighted by Crippen LogP contribution is -2.45. The summed E-state index contributed by atoms with van der Waals surface area (Å²) < 4.78 is 5.37. The average Bonchev–Trinajstić information content (AvgIpc) is 3.19. The molecule has 0 aromatic carbocycles. The number of urea groups is 1. The van der Waals surface area contributed by atoms with Crippen LogP contribution in [-0.4, -0.2) is 48.3 Å². The summed E-state index contributed by atoms with van der Waals surface area (Å²) in [6.45, 7) is 7.71. The maximum Gasteiger partial charge on any atom is 0.410 e. The van der Waals surface area contributed by atoms with Crippen molar-refractivity contribution in [2.45, 2.75) is 58.1 Å². The van der Waals surface area contributed by atoms with E-state index >= 15 is 0 Å². The third-order valence-corrected chi connectivity index (χ3v) is 3.73. The zero-order valence-corrected chi connectivity index (χ0v) is 13.3. The van der Waals surface area contributed by atoms with Gasteiger partial charge in [0.15, 0.2) is 0 Å². The van der Waals surface area contributed by atoms with E-state index in [4.69, 9.17) is 4.74 Å². The maximum atomic E-state index is 11.9. The number of hydrogen-bond donors (Lipinski definition) is 2. The fourth-order valence-corrected chi connectivity index (χ4v) is 2.35. The van der Waals surface area contributed by atoms with Crippen LogP contribution in [0.25, 0.3) is 0 Å². The standard InChI is InChI=1S/C15H27N3O3/c1-15(2,3)21-14(20)18-8-6-11(7-9-18)10-16-13(19)17-12-4-5-12/h11-12H,4-10H2,1-3H3,(H2,16,17,19). The van der Waals surface area contributed by atoms with Crippen LogP contribution in [0.3, 0.4) is 0 Å². The fraction of sp³-hybridized carbons (Fsp3) is 0.867. The quantitative estimate of drug-likeness (QED) is 0.838. The molecule has 0 aromatic rings. The third-order valence-electron chi connectivity index (χ3n) is 3.73. The molecule has 0 bridgehead atoms. The van der Waals surface area contributed by atoms with Gasteiger partial charge in [0, 0.05) is 25.7 Å². The summed E-state index contributed by atoms with van der Waals surface area (Å²) in [7, 11) is 0. The Kier molecular flexibility index (Phi) is 4.96. The zero-order chi connectivity index (χ0) is 15.5. The molecule has 0 atom stereocenters. The van der Waals surface area contributed by atoms with Crippen LogP contribution in [0.5, 0.6) is 0 Å². The van der Waals surface area contributed by atoms with Gasteiger partial charge < -0.3 is 20.3 Å². The molecule has 2 fully saturated rings. The maximum absolute atomic E-state index is 11.9. The highest BCUT2D eigenvalue weighted by Gasteiger charge is 2.27. The van der Waals surface area contributed by atoms with Crippen molar-refractivity contribution in [3.63, 3.8) is 0 Å². The third kappa shape index (κ3) is 5.81. The topological polar surface area (TPSA) is 70.7 Å². The Bertz CT molecular complexity index is 380. The molecule has 1 saturated heterocycles. The molecule has 3 amide bonds. The smallest absolute Gasteiger partial charge is 0.410 e. The number of rotatable bonds is 3. The molecule has 6 nitrogen and oxygen atoms in total. The summed E-state index contributed by atoms with van der Waals surface area (Å²) in [6.07, 6.45) is 3.77. The van der Waals surface area contributed by atoms with Gasteiger partial charge in [-0.2, -0.15) is 0 Å². The van der Waals surface area contributed by atoms with E-state index in [-0.39, 0.29) is 12.1 Å². The van der Waals surface area contributed by atoms with E-state index in [1.165, 1.54) is 0 Å². The summed E-state index contributed by atoms with van der Waals surface area (Å²) in [5, 5.41) is 5.83. The van der Waals surface area contributed by atoms with E-state index in [2.05, 4.69) is 10.6 Å². The van der Waals surface area contributed by atoms with Crippen molar-refractivity contribution in [3.8, 4) is 0 Å². The van der Waals surface area contributed by atoms with Crippen LogP contribution in [0.2, 0.25) is 0 Å². The van der Waals surface area contributed by atoms with Gasteiger partial charge in [-0.15, -0.1) is 0 Å². The van der Waals surface area contributed by atoms with Crippen molar-refractivity contribution in [1.29, 1.82) is 0 Å². The number of nitrogens with zero attached hydrogens (tertiary/aromatic N) is 1. The van der Waals surface area contributed by atoms with Crippen LogP contribution in [0.1, 0.15) is 46.5 Å². The van der Waals surface area contributed by atoms with Crippen LogP contribution in [0, 0.1) is 5.92 Å². The summed E-state index contributed by atoms with van der Waals surface area (Å²) >= 11 is 0. The number of piperidine rings is 1. The highest BCUT2D eigenvalue weighted by Crippen LogP contribution is 2.20. The van der Waals surface area contributed by atoms with Crippen molar-refractivity contribution in [2.75, 3.05) is 19.6 Å². The fourth-order valence-electron chi connectivity index (χ4n) is 2.35. The molecule has 1 heterocycles.